The highest BCUT2D eigenvalue weighted by Gasteiger charge is 2.19. The van der Waals surface area contributed by atoms with Crippen LogP contribution in [0.3, 0.4) is 0 Å². The molecule has 0 aromatic rings. The lowest BCUT2D eigenvalue weighted by Crippen LogP contribution is -2.45. The Labute approximate surface area is 243 Å². The molecule has 0 saturated carbocycles. The van der Waals surface area contributed by atoms with E-state index >= 15 is 0 Å². The Balaban J connectivity index is 3.62. The monoisotopic (exact) mass is 550 g/mol. The SMILES string of the molecule is CCCCC/C=C/C/C=C/CCCCCCCC(=O)N[C@@H](CO)[C@H](O)CCCCCCCCCCCCCC. The van der Waals surface area contributed by atoms with Gasteiger partial charge in [-0.2, -0.15) is 0 Å². The predicted octanol–water partition coefficient (Wildman–Crippen LogP) is 9.73. The second kappa shape index (κ2) is 31.4. The fourth-order valence-electron chi connectivity index (χ4n) is 5.04. The third-order valence-electron chi connectivity index (χ3n) is 7.72. The average Bonchev–Trinajstić information content (AvgIpc) is 2.94. The summed E-state index contributed by atoms with van der Waals surface area (Å²) in [4.78, 5) is 12.3. The summed E-state index contributed by atoms with van der Waals surface area (Å²) in [6.07, 6.45) is 37.9. The molecule has 0 saturated heterocycles. The summed E-state index contributed by atoms with van der Waals surface area (Å²) in [7, 11) is 0. The predicted molar refractivity (Wildman–Crippen MR) is 170 cm³/mol. The van der Waals surface area contributed by atoms with Crippen LogP contribution in [-0.4, -0.2) is 34.9 Å². The Bertz CT molecular complexity index is 560. The van der Waals surface area contributed by atoms with Gasteiger partial charge in [0.15, 0.2) is 0 Å². The molecule has 0 radical (unpaired) electrons. The molecule has 230 valence electrons. The summed E-state index contributed by atoms with van der Waals surface area (Å²) in [6, 6.07) is -0.539. The van der Waals surface area contributed by atoms with Crippen molar-refractivity contribution >= 4 is 5.91 Å². The summed E-state index contributed by atoms with van der Waals surface area (Å²) in [5.74, 6) is -0.0477. The standard InChI is InChI=1S/C35H67NO3/c1-3-5-7-9-11-13-15-17-18-19-21-23-25-27-29-31-35(39)36-33(32-37)34(38)30-28-26-24-22-20-16-14-12-10-8-6-4-2/h11,13,17-18,33-34,37-38H,3-10,12,14-16,19-32H2,1-2H3,(H,36,39)/b13-11+,18-17+/t33-,34+/m0/s1. The first-order chi connectivity index (χ1) is 19.2. The molecular formula is C35H67NO3. The third kappa shape index (κ3) is 28.2. The van der Waals surface area contributed by atoms with Crippen LogP contribution in [-0.2, 0) is 4.79 Å². The van der Waals surface area contributed by atoms with Crippen molar-refractivity contribution in [3.05, 3.63) is 24.3 Å². The van der Waals surface area contributed by atoms with E-state index < -0.39 is 12.1 Å². The molecule has 0 aliphatic rings. The van der Waals surface area contributed by atoms with Crippen molar-refractivity contribution in [3.63, 3.8) is 0 Å². The number of amides is 1. The Morgan fingerprint density at radius 3 is 1.59 bits per heavy atom. The van der Waals surface area contributed by atoms with Gasteiger partial charge in [0.1, 0.15) is 0 Å². The van der Waals surface area contributed by atoms with E-state index in [0.29, 0.717) is 12.8 Å². The second-order valence-electron chi connectivity index (χ2n) is 11.6. The molecule has 0 unspecified atom stereocenters. The third-order valence-corrected chi connectivity index (χ3v) is 7.72. The van der Waals surface area contributed by atoms with E-state index in [4.69, 9.17) is 0 Å². The fraction of sp³-hybridized carbons (Fsp3) is 0.857. The smallest absolute Gasteiger partial charge is 0.220 e. The molecule has 2 atom stereocenters. The van der Waals surface area contributed by atoms with Crippen molar-refractivity contribution in [1.82, 2.24) is 5.32 Å². The largest absolute Gasteiger partial charge is 0.394 e. The van der Waals surface area contributed by atoms with Gasteiger partial charge in [0, 0.05) is 6.42 Å². The number of aliphatic hydroxyl groups is 2. The number of rotatable bonds is 30. The Morgan fingerprint density at radius 1 is 0.615 bits per heavy atom. The van der Waals surface area contributed by atoms with Gasteiger partial charge in [-0.05, 0) is 44.9 Å². The molecule has 3 N–H and O–H groups in total. The van der Waals surface area contributed by atoms with E-state index in [1.165, 1.54) is 103 Å². The van der Waals surface area contributed by atoms with Crippen LogP contribution in [0.25, 0.3) is 0 Å². The van der Waals surface area contributed by atoms with Crippen molar-refractivity contribution < 1.29 is 15.0 Å². The zero-order chi connectivity index (χ0) is 28.7. The average molecular weight is 550 g/mol. The molecule has 0 aromatic heterocycles. The molecule has 0 fully saturated rings. The second-order valence-corrected chi connectivity index (χ2v) is 11.6. The van der Waals surface area contributed by atoms with Gasteiger partial charge in [-0.1, -0.05) is 147 Å². The van der Waals surface area contributed by atoms with Gasteiger partial charge in [-0.3, -0.25) is 4.79 Å². The first-order valence-corrected chi connectivity index (χ1v) is 17.0. The van der Waals surface area contributed by atoms with Gasteiger partial charge < -0.3 is 15.5 Å². The number of nitrogens with one attached hydrogen (secondary N) is 1. The van der Waals surface area contributed by atoms with Gasteiger partial charge in [-0.15, -0.1) is 0 Å². The highest BCUT2D eigenvalue weighted by Crippen LogP contribution is 2.14. The van der Waals surface area contributed by atoms with Gasteiger partial charge in [0.25, 0.3) is 0 Å². The van der Waals surface area contributed by atoms with Gasteiger partial charge in [0.05, 0.1) is 18.8 Å². The summed E-state index contributed by atoms with van der Waals surface area (Å²) in [5.41, 5.74) is 0. The minimum Gasteiger partial charge on any atom is -0.394 e. The highest BCUT2D eigenvalue weighted by molar-refractivity contribution is 5.76. The molecule has 0 spiro atoms. The summed E-state index contributed by atoms with van der Waals surface area (Å²) in [5, 5.41) is 23.0. The van der Waals surface area contributed by atoms with E-state index in [1.807, 2.05) is 0 Å². The number of allylic oxidation sites excluding steroid dienone is 4. The van der Waals surface area contributed by atoms with E-state index in [9.17, 15) is 15.0 Å². The number of unbranched alkanes of at least 4 members (excludes halogenated alkanes) is 19. The summed E-state index contributed by atoms with van der Waals surface area (Å²) < 4.78 is 0. The molecule has 0 aliphatic heterocycles. The minimum absolute atomic E-state index is 0.0477. The molecule has 4 nitrogen and oxygen atoms in total. The molecular weight excluding hydrogens is 482 g/mol. The molecule has 1 amide bonds. The normalized spacial score (nSPS) is 13.4. The maximum Gasteiger partial charge on any atom is 0.220 e. The zero-order valence-corrected chi connectivity index (χ0v) is 26.2. The molecule has 0 heterocycles. The fourth-order valence-corrected chi connectivity index (χ4v) is 5.04. The summed E-state index contributed by atoms with van der Waals surface area (Å²) >= 11 is 0. The van der Waals surface area contributed by atoms with Gasteiger partial charge in [-0.25, -0.2) is 0 Å². The van der Waals surface area contributed by atoms with Crippen LogP contribution in [0.4, 0.5) is 0 Å². The van der Waals surface area contributed by atoms with Crippen LogP contribution in [0.1, 0.15) is 174 Å². The van der Waals surface area contributed by atoms with Crippen molar-refractivity contribution in [2.75, 3.05) is 6.61 Å². The Kier molecular flexibility index (Phi) is 30.5. The van der Waals surface area contributed by atoms with E-state index in [-0.39, 0.29) is 12.5 Å². The maximum atomic E-state index is 12.3. The highest BCUT2D eigenvalue weighted by atomic mass is 16.3. The molecule has 39 heavy (non-hydrogen) atoms. The van der Waals surface area contributed by atoms with Gasteiger partial charge in [0.2, 0.25) is 5.91 Å². The van der Waals surface area contributed by atoms with Crippen LogP contribution in [0.15, 0.2) is 24.3 Å². The Hall–Kier alpha value is -1.13. The number of carbonyl (C=O) groups excluding carboxylic acids is 1. The van der Waals surface area contributed by atoms with Crippen LogP contribution in [0.5, 0.6) is 0 Å². The maximum absolute atomic E-state index is 12.3. The number of hydrogen-bond acceptors (Lipinski definition) is 3. The minimum atomic E-state index is -0.660. The van der Waals surface area contributed by atoms with Crippen LogP contribution >= 0.6 is 0 Å². The first-order valence-electron chi connectivity index (χ1n) is 17.0. The van der Waals surface area contributed by atoms with Crippen molar-refractivity contribution in [2.45, 2.75) is 187 Å². The van der Waals surface area contributed by atoms with Crippen LogP contribution in [0, 0.1) is 0 Å². The van der Waals surface area contributed by atoms with Crippen molar-refractivity contribution in [2.24, 2.45) is 0 Å². The van der Waals surface area contributed by atoms with E-state index in [2.05, 4.69) is 43.5 Å². The van der Waals surface area contributed by atoms with Crippen molar-refractivity contribution in [3.8, 4) is 0 Å². The number of carbonyl (C=O) groups is 1. The zero-order valence-electron chi connectivity index (χ0n) is 26.2. The first kappa shape index (κ1) is 37.9. The molecule has 0 bridgehead atoms. The van der Waals surface area contributed by atoms with E-state index in [1.54, 1.807) is 0 Å². The number of aliphatic hydroxyl groups excluding tert-OH is 2. The molecule has 0 aliphatic carbocycles. The van der Waals surface area contributed by atoms with E-state index in [0.717, 1.165) is 44.9 Å². The van der Waals surface area contributed by atoms with Crippen molar-refractivity contribution in [1.29, 1.82) is 0 Å². The van der Waals surface area contributed by atoms with Gasteiger partial charge >= 0.3 is 0 Å². The number of hydrogen-bond donors (Lipinski definition) is 3. The molecule has 0 rings (SSSR count). The Morgan fingerprint density at radius 2 is 1.05 bits per heavy atom. The molecule has 4 heteroatoms. The van der Waals surface area contributed by atoms with Crippen LogP contribution in [0.2, 0.25) is 0 Å². The molecule has 0 aromatic carbocycles. The lowest BCUT2D eigenvalue weighted by Gasteiger charge is -2.22. The quantitative estimate of drug-likeness (QED) is 0.0617. The summed E-state index contributed by atoms with van der Waals surface area (Å²) in [6.45, 7) is 4.30. The lowest BCUT2D eigenvalue weighted by molar-refractivity contribution is -0.123. The topological polar surface area (TPSA) is 69.6 Å². The van der Waals surface area contributed by atoms with Crippen LogP contribution < -0.4 is 5.32 Å². The lowest BCUT2D eigenvalue weighted by atomic mass is 10.0.